The van der Waals surface area contributed by atoms with Gasteiger partial charge in [-0.05, 0) is 19.2 Å². The van der Waals surface area contributed by atoms with Gasteiger partial charge in [0, 0.05) is 6.54 Å². The van der Waals surface area contributed by atoms with Crippen LogP contribution in [0.3, 0.4) is 0 Å². The lowest BCUT2D eigenvalue weighted by Crippen LogP contribution is -2.18. The molecule has 0 aliphatic rings. The predicted octanol–water partition coefficient (Wildman–Crippen LogP) is -0.248. The van der Waals surface area contributed by atoms with Crippen molar-refractivity contribution in [3.63, 3.8) is 0 Å². The smallest absolute Gasteiger partial charge is 0.304 e. The summed E-state index contributed by atoms with van der Waals surface area (Å²) >= 11 is 0. The number of sulfonamides is 1. The molecule has 8 heteroatoms. The van der Waals surface area contributed by atoms with Crippen molar-refractivity contribution >= 4 is 16.0 Å². The zero-order valence-corrected chi connectivity index (χ0v) is 10.1. The quantitative estimate of drug-likeness (QED) is 0.585. The van der Waals surface area contributed by atoms with Crippen molar-refractivity contribution in [2.24, 2.45) is 0 Å². The maximum atomic E-state index is 11.3. The summed E-state index contributed by atoms with van der Waals surface area (Å²) in [4.78, 5) is 10.2. The monoisotopic (exact) mass is 262 g/mol. The Morgan fingerprint density at radius 1 is 1.47 bits per heavy atom. The number of aliphatic carboxylic acids is 1. The highest BCUT2D eigenvalue weighted by Gasteiger charge is 2.15. The van der Waals surface area contributed by atoms with Gasteiger partial charge in [-0.1, -0.05) is 0 Å². The van der Waals surface area contributed by atoms with Crippen LogP contribution in [0.15, 0.2) is 21.6 Å². The van der Waals surface area contributed by atoms with E-state index in [1.165, 1.54) is 19.2 Å². The van der Waals surface area contributed by atoms with Gasteiger partial charge in [0.2, 0.25) is 5.09 Å². The number of nitrogens with one attached hydrogen (secondary N) is 2. The van der Waals surface area contributed by atoms with Crippen LogP contribution in [0.4, 0.5) is 0 Å². The first-order chi connectivity index (χ1) is 7.95. The minimum absolute atomic E-state index is 0.00236. The molecule has 0 aliphatic heterocycles. The van der Waals surface area contributed by atoms with Crippen molar-refractivity contribution in [2.45, 2.75) is 18.1 Å². The second kappa shape index (κ2) is 5.80. The summed E-state index contributed by atoms with van der Waals surface area (Å²) < 4.78 is 29.9. The van der Waals surface area contributed by atoms with Gasteiger partial charge in [-0.2, -0.15) is 0 Å². The molecule has 0 atom stereocenters. The van der Waals surface area contributed by atoms with Crippen LogP contribution in [0.1, 0.15) is 12.2 Å². The molecule has 96 valence electrons. The average Bonchev–Trinajstić information content (AvgIpc) is 2.73. The number of rotatable bonds is 7. The molecule has 7 nitrogen and oxygen atoms in total. The first-order valence-electron chi connectivity index (χ1n) is 4.90. The lowest BCUT2D eigenvalue weighted by molar-refractivity contribution is -0.136. The Labute approximate surface area is 98.9 Å². The van der Waals surface area contributed by atoms with E-state index in [0.29, 0.717) is 12.3 Å². The molecule has 0 amide bonds. The molecule has 0 saturated heterocycles. The standard InChI is InChI=1S/C9H14N2O5S/c1-10-17(14,15)9-3-2-7(16-9)6-11-5-4-8(12)13/h2-3,10-11H,4-6H2,1H3,(H,12,13). The Kier molecular flexibility index (Phi) is 4.67. The molecule has 1 aromatic rings. The molecule has 0 bridgehead atoms. The van der Waals surface area contributed by atoms with E-state index >= 15 is 0 Å². The van der Waals surface area contributed by atoms with Crippen molar-refractivity contribution in [1.29, 1.82) is 0 Å². The molecule has 0 spiro atoms. The second-order valence-corrected chi connectivity index (χ2v) is 5.07. The first kappa shape index (κ1) is 13.7. The molecular weight excluding hydrogens is 248 g/mol. The third-order valence-electron chi connectivity index (χ3n) is 1.99. The molecule has 1 heterocycles. The summed E-state index contributed by atoms with van der Waals surface area (Å²) in [5, 5.41) is 11.1. The van der Waals surface area contributed by atoms with E-state index in [2.05, 4.69) is 10.0 Å². The topological polar surface area (TPSA) is 109 Å². The molecule has 0 radical (unpaired) electrons. The van der Waals surface area contributed by atoms with Crippen LogP contribution in [0, 0.1) is 0 Å². The fourth-order valence-corrected chi connectivity index (χ4v) is 1.77. The lowest BCUT2D eigenvalue weighted by atomic mass is 10.4. The van der Waals surface area contributed by atoms with Gasteiger partial charge in [-0.25, -0.2) is 13.1 Å². The van der Waals surface area contributed by atoms with Gasteiger partial charge >= 0.3 is 5.97 Å². The number of hydrogen-bond acceptors (Lipinski definition) is 5. The normalized spacial score (nSPS) is 11.6. The Morgan fingerprint density at radius 3 is 2.76 bits per heavy atom. The third kappa shape index (κ3) is 4.17. The highest BCUT2D eigenvalue weighted by Crippen LogP contribution is 2.12. The molecular formula is C9H14N2O5S. The maximum absolute atomic E-state index is 11.3. The minimum Gasteiger partial charge on any atom is -0.481 e. The van der Waals surface area contributed by atoms with Crippen molar-refractivity contribution in [1.82, 2.24) is 10.0 Å². The van der Waals surface area contributed by atoms with E-state index < -0.39 is 16.0 Å². The van der Waals surface area contributed by atoms with Crippen molar-refractivity contribution < 1.29 is 22.7 Å². The van der Waals surface area contributed by atoms with Crippen molar-refractivity contribution in [2.75, 3.05) is 13.6 Å². The molecule has 0 unspecified atom stereocenters. The van der Waals surface area contributed by atoms with Gasteiger partial charge in [0.15, 0.2) is 0 Å². The van der Waals surface area contributed by atoms with E-state index in [0.717, 1.165) is 0 Å². The van der Waals surface area contributed by atoms with Crippen LogP contribution in [0.25, 0.3) is 0 Å². The lowest BCUT2D eigenvalue weighted by Gasteiger charge is -2.00. The number of carboxylic acid groups (broad SMARTS) is 1. The fraction of sp³-hybridized carbons (Fsp3) is 0.444. The average molecular weight is 262 g/mol. The fourth-order valence-electron chi connectivity index (χ4n) is 1.11. The summed E-state index contributed by atoms with van der Waals surface area (Å²) in [5.41, 5.74) is 0. The van der Waals surface area contributed by atoms with Gasteiger partial charge < -0.3 is 14.8 Å². The molecule has 1 rings (SSSR count). The van der Waals surface area contributed by atoms with Crippen LogP contribution >= 0.6 is 0 Å². The van der Waals surface area contributed by atoms with Crippen LogP contribution < -0.4 is 10.0 Å². The van der Waals surface area contributed by atoms with E-state index in [9.17, 15) is 13.2 Å². The molecule has 0 saturated carbocycles. The summed E-state index contributed by atoms with van der Waals surface area (Å²) in [7, 11) is -2.27. The van der Waals surface area contributed by atoms with Gasteiger partial charge in [-0.15, -0.1) is 0 Å². The van der Waals surface area contributed by atoms with E-state index in [1.807, 2.05) is 0 Å². The van der Waals surface area contributed by atoms with Crippen molar-refractivity contribution in [3.05, 3.63) is 17.9 Å². The zero-order valence-electron chi connectivity index (χ0n) is 9.26. The van der Waals surface area contributed by atoms with Gasteiger partial charge in [0.05, 0.1) is 13.0 Å². The van der Waals surface area contributed by atoms with Gasteiger partial charge in [0.1, 0.15) is 5.76 Å². The highest BCUT2D eigenvalue weighted by molar-refractivity contribution is 7.89. The number of hydrogen-bond donors (Lipinski definition) is 3. The van der Waals surface area contributed by atoms with E-state index in [4.69, 9.17) is 9.52 Å². The van der Waals surface area contributed by atoms with E-state index in [-0.39, 0.29) is 18.1 Å². The van der Waals surface area contributed by atoms with Crippen LogP contribution in [0.2, 0.25) is 0 Å². The van der Waals surface area contributed by atoms with E-state index in [1.54, 1.807) is 0 Å². The Morgan fingerprint density at radius 2 is 2.18 bits per heavy atom. The zero-order chi connectivity index (χ0) is 12.9. The number of carboxylic acids is 1. The molecule has 3 N–H and O–H groups in total. The molecule has 17 heavy (non-hydrogen) atoms. The number of furan rings is 1. The molecule has 0 aliphatic carbocycles. The summed E-state index contributed by atoms with van der Waals surface area (Å²) in [6.45, 7) is 0.580. The Hall–Kier alpha value is -1.38. The van der Waals surface area contributed by atoms with Gasteiger partial charge in [0.25, 0.3) is 10.0 Å². The Bertz CT molecular complexity index is 479. The molecule has 0 fully saturated rings. The van der Waals surface area contributed by atoms with Crippen LogP contribution in [-0.2, 0) is 21.4 Å². The predicted molar refractivity (Wildman–Crippen MR) is 58.9 cm³/mol. The maximum Gasteiger partial charge on any atom is 0.304 e. The Balaban J connectivity index is 2.49. The second-order valence-electron chi connectivity index (χ2n) is 3.25. The van der Waals surface area contributed by atoms with Crippen LogP contribution in [-0.4, -0.2) is 33.1 Å². The van der Waals surface area contributed by atoms with Gasteiger partial charge in [-0.3, -0.25) is 4.79 Å². The first-order valence-corrected chi connectivity index (χ1v) is 6.39. The van der Waals surface area contributed by atoms with Crippen LogP contribution in [0.5, 0.6) is 0 Å². The summed E-state index contributed by atoms with van der Waals surface area (Å²) in [6.07, 6.45) is 0.00236. The SMILES string of the molecule is CNS(=O)(=O)c1ccc(CNCCC(=O)O)o1. The number of carbonyl (C=O) groups is 1. The van der Waals surface area contributed by atoms with Crippen molar-refractivity contribution in [3.8, 4) is 0 Å². The summed E-state index contributed by atoms with van der Waals surface area (Å²) in [6, 6.07) is 2.87. The molecule has 1 aromatic heterocycles. The highest BCUT2D eigenvalue weighted by atomic mass is 32.2. The third-order valence-corrected chi connectivity index (χ3v) is 3.27. The largest absolute Gasteiger partial charge is 0.481 e. The summed E-state index contributed by atoms with van der Waals surface area (Å²) in [5.74, 6) is -0.459. The molecule has 0 aromatic carbocycles. The minimum atomic E-state index is -3.56.